The smallest absolute Gasteiger partial charge is 0.226 e. The van der Waals surface area contributed by atoms with Crippen LogP contribution in [0.1, 0.15) is 66.1 Å². The Hall–Kier alpha value is -4.17. The molecule has 4 aromatic rings. The number of amides is 1. The summed E-state index contributed by atoms with van der Waals surface area (Å²) in [5, 5.41) is 7.27. The first-order chi connectivity index (χ1) is 20.7. The highest BCUT2D eigenvalue weighted by molar-refractivity contribution is 7.80. The van der Waals surface area contributed by atoms with Crippen molar-refractivity contribution < 1.29 is 4.79 Å². The number of aromatic nitrogens is 2. The number of benzene rings is 2. The van der Waals surface area contributed by atoms with Gasteiger partial charge in [-0.2, -0.15) is 0 Å². The van der Waals surface area contributed by atoms with E-state index in [1.54, 1.807) is 0 Å². The van der Waals surface area contributed by atoms with Crippen LogP contribution < -0.4 is 15.5 Å². The Labute approximate surface area is 260 Å². The third kappa shape index (κ3) is 6.30. The number of pyridine rings is 1. The van der Waals surface area contributed by atoms with Crippen molar-refractivity contribution in [1.82, 2.24) is 19.8 Å². The molecule has 2 aromatic heterocycles. The molecule has 43 heavy (non-hydrogen) atoms. The maximum Gasteiger partial charge on any atom is 0.226 e. The minimum absolute atomic E-state index is 0.0321. The van der Waals surface area contributed by atoms with Crippen molar-refractivity contribution in [3.63, 3.8) is 0 Å². The molecule has 8 heteroatoms. The minimum Gasteiger partial charge on any atom is -0.372 e. The zero-order chi connectivity index (χ0) is 30.7. The monoisotopic (exact) mass is 594 g/mol. The van der Waals surface area contributed by atoms with Gasteiger partial charge in [-0.15, -0.1) is 0 Å². The molecule has 7 nitrogen and oxygen atoms in total. The Kier molecular flexibility index (Phi) is 9.16. The van der Waals surface area contributed by atoms with Gasteiger partial charge in [0.2, 0.25) is 5.91 Å². The molecule has 0 saturated carbocycles. The lowest BCUT2D eigenvalue weighted by molar-refractivity contribution is -0.116. The molecule has 1 amide bonds. The van der Waals surface area contributed by atoms with Crippen LogP contribution in [0.3, 0.4) is 0 Å². The van der Waals surface area contributed by atoms with Gasteiger partial charge >= 0.3 is 0 Å². The summed E-state index contributed by atoms with van der Waals surface area (Å²) in [7, 11) is 0. The van der Waals surface area contributed by atoms with Crippen molar-refractivity contribution in [2.24, 2.45) is 0 Å². The van der Waals surface area contributed by atoms with Crippen molar-refractivity contribution in [2.45, 2.75) is 60.0 Å². The average molecular weight is 595 g/mol. The van der Waals surface area contributed by atoms with E-state index >= 15 is 0 Å². The van der Waals surface area contributed by atoms with Gasteiger partial charge < -0.3 is 25.0 Å². The van der Waals surface area contributed by atoms with Crippen LogP contribution >= 0.6 is 12.2 Å². The van der Waals surface area contributed by atoms with Gasteiger partial charge in [0.25, 0.3) is 0 Å². The fourth-order valence-corrected chi connectivity index (χ4v) is 6.51. The van der Waals surface area contributed by atoms with E-state index in [0.717, 1.165) is 52.7 Å². The van der Waals surface area contributed by atoms with E-state index < -0.39 is 0 Å². The molecular formula is C35H42N6OS. The fourth-order valence-electron chi connectivity index (χ4n) is 6.18. The molecule has 1 fully saturated rings. The van der Waals surface area contributed by atoms with Gasteiger partial charge in [0.05, 0.1) is 17.8 Å². The van der Waals surface area contributed by atoms with Gasteiger partial charge in [0.15, 0.2) is 5.11 Å². The number of thiocarbonyl (C=S) groups is 1. The largest absolute Gasteiger partial charge is 0.372 e. The van der Waals surface area contributed by atoms with E-state index in [-0.39, 0.29) is 18.0 Å². The van der Waals surface area contributed by atoms with Crippen LogP contribution in [-0.4, -0.2) is 45.1 Å². The van der Waals surface area contributed by atoms with E-state index in [4.69, 9.17) is 17.2 Å². The summed E-state index contributed by atoms with van der Waals surface area (Å²) in [4.78, 5) is 22.3. The lowest BCUT2D eigenvalue weighted by atomic mass is 9.96. The number of nitrogens with one attached hydrogen (secondary N) is 2. The first kappa shape index (κ1) is 30.3. The van der Waals surface area contributed by atoms with Crippen molar-refractivity contribution in [3.05, 3.63) is 107 Å². The summed E-state index contributed by atoms with van der Waals surface area (Å²) in [6.45, 7) is 15.2. The highest BCUT2D eigenvalue weighted by Crippen LogP contribution is 2.41. The number of hydrogen-bond acceptors (Lipinski definition) is 4. The van der Waals surface area contributed by atoms with Crippen LogP contribution in [0.4, 0.5) is 11.4 Å². The van der Waals surface area contributed by atoms with Crippen LogP contribution in [0.5, 0.6) is 0 Å². The molecule has 0 aliphatic carbocycles. The molecule has 0 bridgehead atoms. The summed E-state index contributed by atoms with van der Waals surface area (Å²) in [6.07, 6.45) is 2.13. The Morgan fingerprint density at radius 2 is 1.74 bits per heavy atom. The number of aryl methyl sites for hydroxylation is 3. The molecule has 3 heterocycles. The van der Waals surface area contributed by atoms with Crippen LogP contribution in [0, 0.1) is 27.7 Å². The molecule has 224 valence electrons. The topological polar surface area (TPSA) is 65.4 Å². The number of carbonyl (C=O) groups is 1. The Balaban J connectivity index is 1.46. The lowest BCUT2D eigenvalue weighted by Crippen LogP contribution is -2.33. The predicted molar refractivity (Wildman–Crippen MR) is 180 cm³/mol. The van der Waals surface area contributed by atoms with Gasteiger partial charge in [0, 0.05) is 60.7 Å². The van der Waals surface area contributed by atoms with Crippen molar-refractivity contribution in [2.75, 3.05) is 29.9 Å². The van der Waals surface area contributed by atoms with Crippen LogP contribution in [0.15, 0.2) is 72.9 Å². The van der Waals surface area contributed by atoms with E-state index in [1.807, 2.05) is 50.4 Å². The first-order valence-corrected chi connectivity index (χ1v) is 15.5. The molecule has 0 spiro atoms. The van der Waals surface area contributed by atoms with Gasteiger partial charge in [-0.3, -0.25) is 9.78 Å². The van der Waals surface area contributed by atoms with E-state index in [0.29, 0.717) is 18.1 Å². The minimum atomic E-state index is -0.144. The van der Waals surface area contributed by atoms with Gasteiger partial charge in [-0.05, 0) is 119 Å². The van der Waals surface area contributed by atoms with Crippen molar-refractivity contribution in [3.8, 4) is 5.69 Å². The Bertz CT molecular complexity index is 1590. The number of rotatable bonds is 10. The SMILES string of the molecule is CCN(CC)c1ccc(-n2c(C)cc(C3C(c4ccccn4)NC(=S)N3CCC(=O)Nc3cc(C)ccc3C)c2C)cc1. The quantitative estimate of drug-likeness (QED) is 0.194. The van der Waals surface area contributed by atoms with Gasteiger partial charge in [-0.25, -0.2) is 0 Å². The number of nitrogens with zero attached hydrogens (tertiary/aromatic N) is 4. The Morgan fingerprint density at radius 3 is 2.42 bits per heavy atom. The fraction of sp³-hybridized carbons (Fsp3) is 0.343. The third-order valence-corrected chi connectivity index (χ3v) is 8.82. The maximum atomic E-state index is 13.1. The molecule has 1 aliphatic rings. The lowest BCUT2D eigenvalue weighted by Gasteiger charge is -2.28. The summed E-state index contributed by atoms with van der Waals surface area (Å²) < 4.78 is 2.31. The van der Waals surface area contributed by atoms with E-state index in [9.17, 15) is 4.79 Å². The van der Waals surface area contributed by atoms with Crippen LogP contribution in [0.2, 0.25) is 0 Å². The highest BCUT2D eigenvalue weighted by Gasteiger charge is 2.41. The molecule has 0 radical (unpaired) electrons. The number of anilines is 2. The summed E-state index contributed by atoms with van der Waals surface area (Å²) in [5.74, 6) is -0.0321. The van der Waals surface area contributed by atoms with Crippen molar-refractivity contribution >= 4 is 34.6 Å². The van der Waals surface area contributed by atoms with Crippen LogP contribution in [0.25, 0.3) is 5.69 Å². The molecule has 2 atom stereocenters. The second-order valence-electron chi connectivity index (χ2n) is 11.3. The molecular weight excluding hydrogens is 552 g/mol. The van der Waals surface area contributed by atoms with E-state index in [2.05, 4.69) is 89.1 Å². The molecule has 1 aliphatic heterocycles. The standard InChI is InChI=1S/C35H42N6OS/c1-7-39(8-2)27-14-16-28(17-15-27)41-25(5)22-29(26(41)6)34-33(30-11-9-10-19-36-30)38-35(43)40(34)20-18-32(42)37-31-21-23(3)12-13-24(31)4/h9-17,19,21-22,33-34H,7-8,18,20H2,1-6H3,(H,37,42)(H,38,43). The van der Waals surface area contributed by atoms with E-state index in [1.165, 1.54) is 11.3 Å². The van der Waals surface area contributed by atoms with Crippen LogP contribution in [-0.2, 0) is 4.79 Å². The summed E-state index contributed by atoms with van der Waals surface area (Å²) in [5.41, 5.74) is 9.75. The predicted octanol–water partition coefficient (Wildman–Crippen LogP) is 6.95. The zero-order valence-corrected chi connectivity index (χ0v) is 26.8. The third-order valence-electron chi connectivity index (χ3n) is 8.47. The van der Waals surface area contributed by atoms with Crippen molar-refractivity contribution in [1.29, 1.82) is 0 Å². The number of hydrogen-bond donors (Lipinski definition) is 2. The second-order valence-corrected chi connectivity index (χ2v) is 11.7. The molecule has 1 saturated heterocycles. The maximum absolute atomic E-state index is 13.1. The van der Waals surface area contributed by atoms with Gasteiger partial charge in [0.1, 0.15) is 0 Å². The average Bonchev–Trinajstić information content (AvgIpc) is 3.49. The summed E-state index contributed by atoms with van der Waals surface area (Å²) in [6, 6.07) is 22.8. The first-order valence-electron chi connectivity index (χ1n) is 15.1. The molecule has 2 unspecified atom stereocenters. The molecule has 2 N–H and O–H groups in total. The molecule has 5 rings (SSSR count). The Morgan fingerprint density at radius 1 is 1.00 bits per heavy atom. The normalized spacial score (nSPS) is 16.3. The highest BCUT2D eigenvalue weighted by atomic mass is 32.1. The second kappa shape index (κ2) is 13.0. The zero-order valence-electron chi connectivity index (χ0n) is 26.0. The molecule has 2 aromatic carbocycles. The van der Waals surface area contributed by atoms with Gasteiger partial charge in [-0.1, -0.05) is 18.2 Å². The summed E-state index contributed by atoms with van der Waals surface area (Å²) >= 11 is 5.90. The number of carbonyl (C=O) groups excluding carboxylic acids is 1.